The van der Waals surface area contributed by atoms with Crippen LogP contribution in [0.25, 0.3) is 21.9 Å². The zero-order valence-electron chi connectivity index (χ0n) is 29.2. The van der Waals surface area contributed by atoms with Crippen LogP contribution in [0.5, 0.6) is 0 Å². The molecule has 0 fully saturated rings. The van der Waals surface area contributed by atoms with Crippen molar-refractivity contribution in [1.29, 1.82) is 0 Å². The number of carbonyl (C=O) groups excluding carboxylic acids is 4. The molecular weight excluding hydrogens is 649 g/mol. The van der Waals surface area contributed by atoms with Gasteiger partial charge in [0.15, 0.2) is 5.78 Å². The number of carbonyl (C=O) groups is 4. The number of ether oxygens (including phenoxy) is 1. The van der Waals surface area contributed by atoms with E-state index in [2.05, 4.69) is 16.6 Å². The summed E-state index contributed by atoms with van der Waals surface area (Å²) in [5.74, 6) is -1.19. The standard InChI is InChI=1S/C45H38N2O5/c1-3-4-9-30-14-20-36(21-15-30)47-44(50)39-13-8-12-38-37(26-27-40(43(38)39)45(47)51)31-16-22-34(23-17-31)46(33-10-6-5-7-11-33)35-24-18-32(19-25-35)41(48)28-29-42(49)52-2/h5-8,10-27H,3-4,9,28-29H2,1-2H3. The Balaban J connectivity index is 1.19. The third-order valence-corrected chi connectivity index (χ3v) is 9.60. The van der Waals surface area contributed by atoms with Gasteiger partial charge in [-0.2, -0.15) is 0 Å². The fourth-order valence-electron chi connectivity index (χ4n) is 6.85. The van der Waals surface area contributed by atoms with Gasteiger partial charge in [0.05, 0.1) is 19.2 Å². The Bertz CT molecular complexity index is 2260. The molecule has 0 saturated heterocycles. The Kier molecular flexibility index (Phi) is 9.76. The number of esters is 1. The maximum Gasteiger partial charge on any atom is 0.305 e. The first-order valence-electron chi connectivity index (χ1n) is 17.6. The normalized spacial score (nSPS) is 12.2. The first kappa shape index (κ1) is 34.1. The summed E-state index contributed by atoms with van der Waals surface area (Å²) >= 11 is 0. The number of anilines is 4. The fraction of sp³-hybridized carbons (Fsp3) is 0.156. The SMILES string of the molecule is CCCCc1ccc(N2C(=O)c3cccc4c(-c5ccc(N(c6ccccc6)c6ccc(C(=O)CCC(=O)OC)cc6)cc5)ccc(c34)C2=O)cc1. The zero-order chi connectivity index (χ0) is 36.2. The number of nitrogens with zero attached hydrogens (tertiary/aromatic N) is 2. The van der Waals surface area contributed by atoms with E-state index in [4.69, 9.17) is 0 Å². The second-order valence-corrected chi connectivity index (χ2v) is 12.9. The van der Waals surface area contributed by atoms with Crippen LogP contribution in [-0.2, 0) is 16.0 Å². The molecule has 1 aliphatic heterocycles. The smallest absolute Gasteiger partial charge is 0.305 e. The van der Waals surface area contributed by atoms with Crippen molar-refractivity contribution in [3.05, 3.63) is 156 Å². The lowest BCUT2D eigenvalue weighted by molar-refractivity contribution is -0.140. The van der Waals surface area contributed by atoms with Crippen LogP contribution >= 0.6 is 0 Å². The molecule has 0 aromatic heterocycles. The highest BCUT2D eigenvalue weighted by atomic mass is 16.5. The minimum atomic E-state index is -0.413. The van der Waals surface area contributed by atoms with Crippen LogP contribution in [0.4, 0.5) is 22.7 Å². The topological polar surface area (TPSA) is 84.0 Å². The molecule has 0 saturated carbocycles. The van der Waals surface area contributed by atoms with Gasteiger partial charge in [0.2, 0.25) is 0 Å². The largest absolute Gasteiger partial charge is 0.469 e. The van der Waals surface area contributed by atoms with Crippen molar-refractivity contribution < 1.29 is 23.9 Å². The van der Waals surface area contributed by atoms with Crippen LogP contribution in [0.3, 0.4) is 0 Å². The number of amides is 2. The summed E-state index contributed by atoms with van der Waals surface area (Å²) in [6.45, 7) is 2.16. The Hall–Kier alpha value is -6.34. The molecule has 0 atom stereocenters. The summed E-state index contributed by atoms with van der Waals surface area (Å²) in [6.07, 6.45) is 3.28. The number of aryl methyl sites for hydroxylation is 1. The van der Waals surface area contributed by atoms with Crippen LogP contribution in [0, 0.1) is 0 Å². The molecule has 258 valence electrons. The lowest BCUT2D eigenvalue weighted by atomic mass is 9.89. The molecule has 0 radical (unpaired) electrons. The van der Waals surface area contributed by atoms with Gasteiger partial charge in [-0.05, 0) is 108 Å². The van der Waals surface area contributed by atoms with Gasteiger partial charge in [0, 0.05) is 45.6 Å². The highest BCUT2D eigenvalue weighted by Crippen LogP contribution is 2.40. The van der Waals surface area contributed by atoms with Crippen LogP contribution in [0.2, 0.25) is 0 Å². The van der Waals surface area contributed by atoms with Crippen molar-refractivity contribution in [2.45, 2.75) is 39.0 Å². The first-order chi connectivity index (χ1) is 25.4. The number of benzene rings is 6. The lowest BCUT2D eigenvalue weighted by Gasteiger charge is -2.28. The van der Waals surface area contributed by atoms with Gasteiger partial charge in [-0.3, -0.25) is 19.2 Å². The Morgan fingerprint density at radius 3 is 1.90 bits per heavy atom. The van der Waals surface area contributed by atoms with Crippen LogP contribution in [0.1, 0.15) is 69.2 Å². The highest BCUT2D eigenvalue weighted by molar-refractivity contribution is 6.36. The number of Topliss-reactive ketones (excluding diaryl/α,β-unsaturated/α-hetero) is 1. The average molecular weight is 687 g/mol. The molecule has 6 aromatic carbocycles. The van der Waals surface area contributed by atoms with E-state index in [1.807, 2.05) is 115 Å². The highest BCUT2D eigenvalue weighted by Gasteiger charge is 2.34. The van der Waals surface area contributed by atoms with E-state index in [-0.39, 0.29) is 30.4 Å². The third kappa shape index (κ3) is 6.61. The molecule has 1 aliphatic rings. The van der Waals surface area contributed by atoms with E-state index in [0.717, 1.165) is 52.8 Å². The van der Waals surface area contributed by atoms with Gasteiger partial charge in [-0.1, -0.05) is 74.0 Å². The lowest BCUT2D eigenvalue weighted by Crippen LogP contribution is -2.40. The first-order valence-corrected chi connectivity index (χ1v) is 17.6. The number of imide groups is 1. The molecular formula is C45H38N2O5. The van der Waals surface area contributed by atoms with E-state index in [0.29, 0.717) is 27.8 Å². The minimum Gasteiger partial charge on any atom is -0.469 e. The van der Waals surface area contributed by atoms with Crippen molar-refractivity contribution in [2.75, 3.05) is 16.9 Å². The molecule has 52 heavy (non-hydrogen) atoms. The summed E-state index contributed by atoms with van der Waals surface area (Å²) in [6, 6.07) is 42.6. The molecule has 2 amide bonds. The quantitative estimate of drug-likeness (QED) is 0.0724. The summed E-state index contributed by atoms with van der Waals surface area (Å²) < 4.78 is 4.67. The van der Waals surface area contributed by atoms with Gasteiger partial charge in [0.25, 0.3) is 11.8 Å². The maximum atomic E-state index is 13.9. The summed E-state index contributed by atoms with van der Waals surface area (Å²) in [4.78, 5) is 55.4. The monoisotopic (exact) mass is 686 g/mol. The van der Waals surface area contributed by atoms with Crippen molar-refractivity contribution in [1.82, 2.24) is 0 Å². The van der Waals surface area contributed by atoms with Gasteiger partial charge in [-0.15, -0.1) is 0 Å². The van der Waals surface area contributed by atoms with Crippen LogP contribution in [-0.4, -0.2) is 30.7 Å². The summed E-state index contributed by atoms with van der Waals surface area (Å²) in [5, 5.41) is 1.51. The third-order valence-electron chi connectivity index (χ3n) is 9.60. The number of para-hydroxylation sites is 1. The van der Waals surface area contributed by atoms with Crippen molar-refractivity contribution in [2.24, 2.45) is 0 Å². The molecule has 0 spiro atoms. The second-order valence-electron chi connectivity index (χ2n) is 12.9. The van der Waals surface area contributed by atoms with Gasteiger partial charge < -0.3 is 9.64 Å². The number of unbranched alkanes of at least 4 members (excludes halogenated alkanes) is 1. The molecule has 0 unspecified atom stereocenters. The molecule has 7 heteroatoms. The molecule has 7 rings (SSSR count). The number of ketones is 1. The van der Waals surface area contributed by atoms with Crippen LogP contribution < -0.4 is 9.80 Å². The predicted octanol–water partition coefficient (Wildman–Crippen LogP) is 10.3. The number of methoxy groups -OCH3 is 1. The Labute approximate surface area is 303 Å². The zero-order valence-corrected chi connectivity index (χ0v) is 29.2. The fourth-order valence-corrected chi connectivity index (χ4v) is 6.85. The number of rotatable bonds is 12. The molecule has 7 nitrogen and oxygen atoms in total. The number of hydrogen-bond acceptors (Lipinski definition) is 6. The molecule has 0 bridgehead atoms. The summed E-state index contributed by atoms with van der Waals surface area (Å²) in [5.41, 5.74) is 7.86. The van der Waals surface area contributed by atoms with Gasteiger partial charge in [-0.25, -0.2) is 4.90 Å². The Morgan fingerprint density at radius 1 is 0.635 bits per heavy atom. The number of hydrogen-bond donors (Lipinski definition) is 0. The predicted molar refractivity (Wildman–Crippen MR) is 206 cm³/mol. The van der Waals surface area contributed by atoms with Crippen LogP contribution in [0.15, 0.2) is 133 Å². The van der Waals surface area contributed by atoms with Crippen molar-refractivity contribution >= 4 is 57.1 Å². The summed E-state index contributed by atoms with van der Waals surface area (Å²) in [7, 11) is 1.31. The molecule has 1 heterocycles. The van der Waals surface area contributed by atoms with E-state index in [9.17, 15) is 19.2 Å². The van der Waals surface area contributed by atoms with E-state index in [1.165, 1.54) is 17.6 Å². The van der Waals surface area contributed by atoms with Gasteiger partial charge >= 0.3 is 5.97 Å². The molecule has 0 N–H and O–H groups in total. The molecule has 6 aromatic rings. The molecule has 0 aliphatic carbocycles. The van der Waals surface area contributed by atoms with Crippen molar-refractivity contribution in [3.8, 4) is 11.1 Å². The van der Waals surface area contributed by atoms with Gasteiger partial charge in [0.1, 0.15) is 0 Å². The minimum absolute atomic E-state index is 0.0393. The maximum absolute atomic E-state index is 13.9. The average Bonchev–Trinajstić information content (AvgIpc) is 3.19. The van der Waals surface area contributed by atoms with E-state index >= 15 is 0 Å². The Morgan fingerprint density at radius 2 is 1.25 bits per heavy atom. The second kappa shape index (κ2) is 14.9. The van der Waals surface area contributed by atoms with E-state index in [1.54, 1.807) is 18.2 Å². The van der Waals surface area contributed by atoms with E-state index < -0.39 is 5.97 Å². The van der Waals surface area contributed by atoms with Crippen molar-refractivity contribution in [3.63, 3.8) is 0 Å².